The van der Waals surface area contributed by atoms with Crippen LogP contribution in [0.4, 0.5) is 0 Å². The van der Waals surface area contributed by atoms with E-state index in [1.807, 2.05) is 6.08 Å². The maximum absolute atomic E-state index is 11.6. The fraction of sp³-hybridized carbons (Fsp3) is 0.769. The molecule has 0 saturated heterocycles. The predicted octanol–water partition coefficient (Wildman–Crippen LogP) is 2.25. The molecule has 0 bridgehead atoms. The van der Waals surface area contributed by atoms with Crippen molar-refractivity contribution in [1.29, 1.82) is 0 Å². The third-order valence-electron chi connectivity index (χ3n) is 2.76. The van der Waals surface area contributed by atoms with Crippen molar-refractivity contribution < 1.29 is 17.8 Å². The molecule has 0 aromatic heterocycles. The topological polar surface area (TPSA) is 74.7 Å². The molecule has 6 heteroatoms. The van der Waals surface area contributed by atoms with E-state index in [1.54, 1.807) is 18.0 Å². The van der Waals surface area contributed by atoms with Crippen LogP contribution in [0.25, 0.3) is 0 Å². The minimum atomic E-state index is -3.88. The SMILES string of the molecule is CCCCC/C=C/C(=O)N(C)CCCCS(=O)(=O)O. The first kappa shape index (κ1) is 18.1. The molecule has 0 aromatic carbocycles. The summed E-state index contributed by atoms with van der Waals surface area (Å²) in [7, 11) is -2.20. The number of nitrogens with zero attached hydrogens (tertiary/aromatic N) is 1. The van der Waals surface area contributed by atoms with E-state index in [4.69, 9.17) is 4.55 Å². The summed E-state index contributed by atoms with van der Waals surface area (Å²) < 4.78 is 29.6. The number of hydrogen-bond donors (Lipinski definition) is 1. The number of amides is 1. The maximum atomic E-state index is 11.6. The number of allylic oxidation sites excluding steroid dienone is 1. The van der Waals surface area contributed by atoms with Gasteiger partial charge in [-0.1, -0.05) is 25.8 Å². The number of carbonyl (C=O) groups excluding carboxylic acids is 1. The van der Waals surface area contributed by atoms with Crippen molar-refractivity contribution in [2.75, 3.05) is 19.3 Å². The molecule has 1 amide bonds. The summed E-state index contributed by atoms with van der Waals surface area (Å²) in [6, 6.07) is 0. The first-order valence-electron chi connectivity index (χ1n) is 6.73. The van der Waals surface area contributed by atoms with Gasteiger partial charge in [0, 0.05) is 13.6 Å². The van der Waals surface area contributed by atoms with Crippen molar-refractivity contribution in [1.82, 2.24) is 4.90 Å². The molecular weight excluding hydrogens is 266 g/mol. The molecule has 0 aliphatic rings. The third-order valence-corrected chi connectivity index (χ3v) is 3.56. The van der Waals surface area contributed by atoms with Gasteiger partial charge in [-0.05, 0) is 31.8 Å². The van der Waals surface area contributed by atoms with Crippen LogP contribution in [0.3, 0.4) is 0 Å². The fourth-order valence-corrected chi connectivity index (χ4v) is 2.14. The molecule has 0 atom stereocenters. The van der Waals surface area contributed by atoms with Gasteiger partial charge in [0.15, 0.2) is 0 Å². The molecule has 112 valence electrons. The minimum absolute atomic E-state index is 0.0663. The van der Waals surface area contributed by atoms with Crippen LogP contribution in [-0.4, -0.2) is 43.1 Å². The van der Waals surface area contributed by atoms with Gasteiger partial charge >= 0.3 is 0 Å². The smallest absolute Gasteiger partial charge is 0.264 e. The molecule has 1 N–H and O–H groups in total. The first-order valence-corrected chi connectivity index (χ1v) is 8.34. The molecule has 0 radical (unpaired) electrons. The van der Waals surface area contributed by atoms with Crippen LogP contribution in [0.15, 0.2) is 12.2 Å². The second kappa shape index (κ2) is 9.97. The highest BCUT2D eigenvalue weighted by Crippen LogP contribution is 2.01. The minimum Gasteiger partial charge on any atom is -0.342 e. The monoisotopic (exact) mass is 291 g/mol. The van der Waals surface area contributed by atoms with E-state index in [-0.39, 0.29) is 11.7 Å². The number of carbonyl (C=O) groups is 1. The van der Waals surface area contributed by atoms with Crippen molar-refractivity contribution in [2.24, 2.45) is 0 Å². The zero-order valence-electron chi connectivity index (χ0n) is 11.8. The van der Waals surface area contributed by atoms with Crippen LogP contribution in [0.2, 0.25) is 0 Å². The molecule has 0 aliphatic heterocycles. The highest BCUT2D eigenvalue weighted by atomic mass is 32.2. The summed E-state index contributed by atoms with van der Waals surface area (Å²) in [6.45, 7) is 2.63. The Morgan fingerprint density at radius 1 is 1.21 bits per heavy atom. The van der Waals surface area contributed by atoms with Gasteiger partial charge in [-0.25, -0.2) is 0 Å². The van der Waals surface area contributed by atoms with Crippen LogP contribution in [0.1, 0.15) is 45.4 Å². The standard InChI is InChI=1S/C13H25NO4S/c1-3-4-5-6-7-10-13(15)14(2)11-8-9-12-19(16,17)18/h7,10H,3-6,8-9,11-12H2,1-2H3,(H,16,17,18)/b10-7+. The van der Waals surface area contributed by atoms with Crippen molar-refractivity contribution in [3.05, 3.63) is 12.2 Å². The number of unbranched alkanes of at least 4 members (excludes halogenated alkanes) is 4. The van der Waals surface area contributed by atoms with Gasteiger partial charge in [-0.2, -0.15) is 8.42 Å². The summed E-state index contributed by atoms with van der Waals surface area (Å²) in [4.78, 5) is 13.2. The Hall–Kier alpha value is -0.880. The highest BCUT2D eigenvalue weighted by molar-refractivity contribution is 7.85. The van der Waals surface area contributed by atoms with E-state index in [0.717, 1.165) is 19.3 Å². The van der Waals surface area contributed by atoms with E-state index in [2.05, 4.69) is 6.92 Å². The lowest BCUT2D eigenvalue weighted by Crippen LogP contribution is -2.26. The molecule has 0 aromatic rings. The van der Waals surface area contributed by atoms with Crippen LogP contribution in [0.5, 0.6) is 0 Å². The molecule has 19 heavy (non-hydrogen) atoms. The fourth-order valence-electron chi connectivity index (χ4n) is 1.57. The Balaban J connectivity index is 3.75. The summed E-state index contributed by atoms with van der Waals surface area (Å²) in [6.07, 6.45) is 8.71. The van der Waals surface area contributed by atoms with Crippen molar-refractivity contribution >= 4 is 16.0 Å². The summed E-state index contributed by atoms with van der Waals surface area (Å²) in [5.41, 5.74) is 0. The number of rotatable bonds is 10. The van der Waals surface area contributed by atoms with Gasteiger partial charge in [-0.3, -0.25) is 9.35 Å². The zero-order valence-corrected chi connectivity index (χ0v) is 12.7. The Bertz CT molecular complexity index is 376. The van der Waals surface area contributed by atoms with Crippen molar-refractivity contribution in [3.63, 3.8) is 0 Å². The van der Waals surface area contributed by atoms with E-state index < -0.39 is 10.1 Å². The molecule has 0 rings (SSSR count). The van der Waals surface area contributed by atoms with E-state index in [9.17, 15) is 13.2 Å². The quantitative estimate of drug-likeness (QED) is 0.380. The highest BCUT2D eigenvalue weighted by Gasteiger charge is 2.07. The largest absolute Gasteiger partial charge is 0.342 e. The first-order chi connectivity index (χ1) is 8.87. The van der Waals surface area contributed by atoms with E-state index >= 15 is 0 Å². The van der Waals surface area contributed by atoms with Gasteiger partial charge in [0.1, 0.15) is 0 Å². The van der Waals surface area contributed by atoms with Crippen molar-refractivity contribution in [3.8, 4) is 0 Å². The van der Waals surface area contributed by atoms with E-state index in [1.165, 1.54) is 6.42 Å². The second-order valence-electron chi connectivity index (χ2n) is 4.65. The Morgan fingerprint density at radius 2 is 1.89 bits per heavy atom. The summed E-state index contributed by atoms with van der Waals surface area (Å²) in [5.74, 6) is -0.314. The Kier molecular flexibility index (Phi) is 9.51. The van der Waals surface area contributed by atoms with Gasteiger partial charge < -0.3 is 4.90 Å². The van der Waals surface area contributed by atoms with Crippen LogP contribution < -0.4 is 0 Å². The maximum Gasteiger partial charge on any atom is 0.264 e. The normalized spacial score (nSPS) is 11.9. The lowest BCUT2D eigenvalue weighted by atomic mass is 10.2. The Morgan fingerprint density at radius 3 is 2.47 bits per heavy atom. The molecule has 0 heterocycles. The molecule has 0 saturated carbocycles. The summed E-state index contributed by atoms with van der Waals surface area (Å²) in [5, 5.41) is 0. The van der Waals surface area contributed by atoms with Crippen molar-refractivity contribution in [2.45, 2.75) is 45.4 Å². The Labute approximate surface area is 116 Å². The van der Waals surface area contributed by atoms with Gasteiger partial charge in [0.25, 0.3) is 10.1 Å². The average Bonchev–Trinajstić information content (AvgIpc) is 2.32. The van der Waals surface area contributed by atoms with Crippen LogP contribution in [0, 0.1) is 0 Å². The lowest BCUT2D eigenvalue weighted by molar-refractivity contribution is -0.124. The van der Waals surface area contributed by atoms with Gasteiger partial charge in [0.05, 0.1) is 5.75 Å². The third kappa shape index (κ3) is 11.9. The average molecular weight is 291 g/mol. The van der Waals surface area contributed by atoms with E-state index in [0.29, 0.717) is 19.4 Å². The van der Waals surface area contributed by atoms with Gasteiger partial charge in [-0.15, -0.1) is 0 Å². The predicted molar refractivity (Wildman–Crippen MR) is 76.6 cm³/mol. The second-order valence-corrected chi connectivity index (χ2v) is 6.22. The lowest BCUT2D eigenvalue weighted by Gasteiger charge is -2.14. The molecule has 0 aliphatic carbocycles. The van der Waals surface area contributed by atoms with Crippen LogP contribution in [-0.2, 0) is 14.9 Å². The molecule has 0 fully saturated rings. The number of likely N-dealkylation sites (N-methyl/N-ethyl adjacent to an activating group) is 1. The molecule has 0 spiro atoms. The zero-order chi connectivity index (χ0) is 14.7. The molecule has 0 unspecified atom stereocenters. The summed E-state index contributed by atoms with van der Waals surface area (Å²) >= 11 is 0. The number of hydrogen-bond acceptors (Lipinski definition) is 3. The molecule has 5 nitrogen and oxygen atoms in total. The molecular formula is C13H25NO4S. The van der Waals surface area contributed by atoms with Gasteiger partial charge in [0.2, 0.25) is 5.91 Å². The van der Waals surface area contributed by atoms with Crippen LogP contribution >= 0.6 is 0 Å².